The lowest BCUT2D eigenvalue weighted by Crippen LogP contribution is -2.01. The van der Waals surface area contributed by atoms with Crippen LogP contribution in [0, 0.1) is 6.92 Å². The maximum absolute atomic E-state index is 5.64. The van der Waals surface area contributed by atoms with Crippen molar-refractivity contribution < 1.29 is 0 Å². The number of fused-ring (bicyclic) bond motifs is 1. The van der Waals surface area contributed by atoms with Crippen molar-refractivity contribution in [2.45, 2.75) is 13.3 Å². The van der Waals surface area contributed by atoms with Crippen molar-refractivity contribution in [2.24, 2.45) is 0 Å². The van der Waals surface area contributed by atoms with Gasteiger partial charge in [0.05, 0.1) is 0 Å². The molecule has 1 nitrogen and oxygen atoms in total. The minimum absolute atomic E-state index is 0.708. The van der Waals surface area contributed by atoms with Gasteiger partial charge in [0.25, 0.3) is 0 Å². The Bertz CT molecular complexity index is 479. The Balaban J connectivity index is 2.20. The first-order valence-corrected chi connectivity index (χ1v) is 6.13. The highest BCUT2D eigenvalue weighted by Gasteiger charge is 1.96. The summed E-state index contributed by atoms with van der Waals surface area (Å²) < 4.78 is 0. The maximum Gasteiger partial charge on any atom is 0.0346 e. The zero-order valence-corrected chi connectivity index (χ0v) is 10.2. The van der Waals surface area contributed by atoms with E-state index in [1.807, 2.05) is 0 Å². The summed E-state index contributed by atoms with van der Waals surface area (Å²) >= 11 is 5.64. The summed E-state index contributed by atoms with van der Waals surface area (Å²) in [7, 11) is 0. The van der Waals surface area contributed by atoms with Gasteiger partial charge in [0.2, 0.25) is 0 Å². The zero-order valence-electron chi connectivity index (χ0n) is 9.46. The predicted molar refractivity (Wildman–Crippen MR) is 72.5 cm³/mol. The molecule has 0 saturated heterocycles. The molecule has 1 N–H and O–H groups in total. The van der Waals surface area contributed by atoms with Gasteiger partial charge in [0, 0.05) is 18.1 Å². The molecule has 0 aromatic heterocycles. The Morgan fingerprint density at radius 1 is 1.06 bits per heavy atom. The summed E-state index contributed by atoms with van der Waals surface area (Å²) in [5.74, 6) is 0.708. The highest BCUT2D eigenvalue weighted by atomic mass is 35.5. The second kappa shape index (κ2) is 5.22. The molecule has 0 spiro atoms. The molecule has 2 heteroatoms. The Morgan fingerprint density at radius 2 is 1.81 bits per heavy atom. The fourth-order valence-corrected chi connectivity index (χ4v) is 1.91. The van der Waals surface area contributed by atoms with Gasteiger partial charge in [-0.15, -0.1) is 11.6 Å². The van der Waals surface area contributed by atoms with Crippen LogP contribution >= 0.6 is 11.6 Å². The normalized spacial score (nSPS) is 10.6. The fraction of sp³-hybridized carbons (Fsp3) is 0.286. The molecule has 0 fully saturated rings. The molecule has 84 valence electrons. The average Bonchev–Trinajstić information content (AvgIpc) is 2.29. The first-order chi connectivity index (χ1) is 7.79. The van der Waals surface area contributed by atoms with Gasteiger partial charge in [-0.05, 0) is 36.2 Å². The van der Waals surface area contributed by atoms with Crippen LogP contribution in [0.15, 0.2) is 36.4 Å². The molecule has 0 bridgehead atoms. The summed E-state index contributed by atoms with van der Waals surface area (Å²) in [5, 5.41) is 5.94. The molecule has 0 radical (unpaired) electrons. The predicted octanol–water partition coefficient (Wildman–Crippen LogP) is 4.19. The molecule has 0 heterocycles. The number of anilines is 1. The van der Waals surface area contributed by atoms with Crippen LogP contribution in [-0.2, 0) is 0 Å². The van der Waals surface area contributed by atoms with E-state index in [0.717, 1.165) is 13.0 Å². The van der Waals surface area contributed by atoms with Gasteiger partial charge >= 0.3 is 0 Å². The van der Waals surface area contributed by atoms with E-state index in [0.29, 0.717) is 5.88 Å². The Morgan fingerprint density at radius 3 is 2.62 bits per heavy atom. The molecule has 0 saturated carbocycles. The van der Waals surface area contributed by atoms with Crippen LogP contribution in [0.5, 0.6) is 0 Å². The summed E-state index contributed by atoms with van der Waals surface area (Å²) in [6, 6.07) is 13.0. The molecular formula is C14H16ClN. The number of aryl methyl sites for hydroxylation is 1. The van der Waals surface area contributed by atoms with Crippen LogP contribution in [0.25, 0.3) is 10.8 Å². The number of hydrogen-bond donors (Lipinski definition) is 1. The van der Waals surface area contributed by atoms with Gasteiger partial charge in [-0.25, -0.2) is 0 Å². The van der Waals surface area contributed by atoms with Gasteiger partial charge in [-0.3, -0.25) is 0 Å². The number of halogens is 1. The van der Waals surface area contributed by atoms with E-state index in [1.54, 1.807) is 0 Å². The molecule has 0 aliphatic rings. The smallest absolute Gasteiger partial charge is 0.0346 e. The van der Waals surface area contributed by atoms with E-state index in [-0.39, 0.29) is 0 Å². The van der Waals surface area contributed by atoms with Crippen molar-refractivity contribution in [3.63, 3.8) is 0 Å². The lowest BCUT2D eigenvalue weighted by molar-refractivity contribution is 0.987. The standard InChI is InChI=1S/C14H16ClN/c1-11-3-4-13-10-14(16-8-2-7-15)6-5-12(13)9-11/h3-6,9-10,16H,2,7-8H2,1H3. The molecule has 2 rings (SSSR count). The van der Waals surface area contributed by atoms with E-state index < -0.39 is 0 Å². The monoisotopic (exact) mass is 233 g/mol. The zero-order chi connectivity index (χ0) is 11.4. The first kappa shape index (κ1) is 11.3. The van der Waals surface area contributed by atoms with Crippen molar-refractivity contribution in [1.29, 1.82) is 0 Å². The van der Waals surface area contributed by atoms with Crippen molar-refractivity contribution in [3.8, 4) is 0 Å². The molecule has 0 aliphatic carbocycles. The molecule has 0 aliphatic heterocycles. The largest absolute Gasteiger partial charge is 0.385 e. The lowest BCUT2D eigenvalue weighted by Gasteiger charge is -2.07. The first-order valence-electron chi connectivity index (χ1n) is 5.60. The highest BCUT2D eigenvalue weighted by Crippen LogP contribution is 2.20. The molecule has 16 heavy (non-hydrogen) atoms. The van der Waals surface area contributed by atoms with Crippen LogP contribution in [0.1, 0.15) is 12.0 Å². The average molecular weight is 234 g/mol. The van der Waals surface area contributed by atoms with Crippen LogP contribution in [0.3, 0.4) is 0 Å². The van der Waals surface area contributed by atoms with Crippen molar-refractivity contribution in [1.82, 2.24) is 0 Å². The molecule has 0 atom stereocenters. The van der Waals surface area contributed by atoms with E-state index in [9.17, 15) is 0 Å². The topological polar surface area (TPSA) is 12.0 Å². The second-order valence-corrected chi connectivity index (χ2v) is 4.41. The third-order valence-corrected chi connectivity index (χ3v) is 2.90. The van der Waals surface area contributed by atoms with E-state index in [4.69, 9.17) is 11.6 Å². The van der Waals surface area contributed by atoms with Gasteiger partial charge < -0.3 is 5.32 Å². The number of hydrogen-bond acceptors (Lipinski definition) is 1. The summed E-state index contributed by atoms with van der Waals surface area (Å²) in [6.45, 7) is 3.05. The molecule has 2 aromatic rings. The van der Waals surface area contributed by atoms with Crippen LogP contribution in [0.2, 0.25) is 0 Å². The molecule has 0 unspecified atom stereocenters. The number of alkyl halides is 1. The van der Waals surface area contributed by atoms with Crippen molar-refractivity contribution in [2.75, 3.05) is 17.7 Å². The number of nitrogens with one attached hydrogen (secondary N) is 1. The van der Waals surface area contributed by atoms with E-state index in [1.165, 1.54) is 22.0 Å². The Hall–Kier alpha value is -1.21. The van der Waals surface area contributed by atoms with Gasteiger partial charge in [-0.1, -0.05) is 29.8 Å². The van der Waals surface area contributed by atoms with Gasteiger partial charge in [0.1, 0.15) is 0 Å². The van der Waals surface area contributed by atoms with Gasteiger partial charge in [-0.2, -0.15) is 0 Å². The third kappa shape index (κ3) is 2.67. The number of benzene rings is 2. The maximum atomic E-state index is 5.64. The fourth-order valence-electron chi connectivity index (χ4n) is 1.77. The molecular weight excluding hydrogens is 218 g/mol. The second-order valence-electron chi connectivity index (χ2n) is 4.03. The summed E-state index contributed by atoms with van der Waals surface area (Å²) in [5.41, 5.74) is 2.47. The molecule has 0 amide bonds. The molecule has 2 aromatic carbocycles. The SMILES string of the molecule is Cc1ccc2cc(NCCCCl)ccc2c1. The van der Waals surface area contributed by atoms with Gasteiger partial charge in [0.15, 0.2) is 0 Å². The van der Waals surface area contributed by atoms with Crippen LogP contribution in [-0.4, -0.2) is 12.4 Å². The number of rotatable bonds is 4. The van der Waals surface area contributed by atoms with E-state index >= 15 is 0 Å². The highest BCUT2D eigenvalue weighted by molar-refractivity contribution is 6.17. The summed E-state index contributed by atoms with van der Waals surface area (Å²) in [4.78, 5) is 0. The van der Waals surface area contributed by atoms with Crippen molar-refractivity contribution in [3.05, 3.63) is 42.0 Å². The lowest BCUT2D eigenvalue weighted by atomic mass is 10.1. The van der Waals surface area contributed by atoms with Crippen LogP contribution < -0.4 is 5.32 Å². The van der Waals surface area contributed by atoms with Crippen LogP contribution in [0.4, 0.5) is 5.69 Å². The Labute approximate surface area is 101 Å². The Kier molecular flexibility index (Phi) is 3.68. The van der Waals surface area contributed by atoms with E-state index in [2.05, 4.69) is 48.6 Å². The quantitative estimate of drug-likeness (QED) is 0.617. The third-order valence-electron chi connectivity index (χ3n) is 2.64. The summed E-state index contributed by atoms with van der Waals surface area (Å²) in [6.07, 6.45) is 0.994. The van der Waals surface area contributed by atoms with Crippen molar-refractivity contribution >= 4 is 28.1 Å². The minimum atomic E-state index is 0.708. The minimum Gasteiger partial charge on any atom is -0.385 e.